The van der Waals surface area contributed by atoms with Gasteiger partial charge in [0.1, 0.15) is 17.3 Å². The van der Waals surface area contributed by atoms with E-state index in [1.165, 1.54) is 13.8 Å². The van der Waals surface area contributed by atoms with Crippen molar-refractivity contribution in [2.75, 3.05) is 7.11 Å². The van der Waals surface area contributed by atoms with Crippen molar-refractivity contribution in [1.29, 1.82) is 0 Å². The van der Waals surface area contributed by atoms with Crippen molar-refractivity contribution in [1.82, 2.24) is 4.98 Å². The predicted molar refractivity (Wildman–Crippen MR) is 103 cm³/mol. The first-order valence-electron chi connectivity index (χ1n) is 8.66. The summed E-state index contributed by atoms with van der Waals surface area (Å²) in [6.45, 7) is 4.97. The summed E-state index contributed by atoms with van der Waals surface area (Å²) in [5.41, 5.74) is 3.90. The summed E-state index contributed by atoms with van der Waals surface area (Å²) in [7, 11) is 1.62. The van der Waals surface area contributed by atoms with Crippen LogP contribution in [0.3, 0.4) is 0 Å². The number of Topliss-reactive ketones (excluding diaryl/α,β-unsaturated/α-hetero) is 2. The number of aromatic amines is 1. The lowest BCUT2D eigenvalue weighted by atomic mass is 9.76. The highest BCUT2D eigenvalue weighted by atomic mass is 16.5. The van der Waals surface area contributed by atoms with Crippen molar-refractivity contribution in [3.8, 4) is 5.75 Å². The van der Waals surface area contributed by atoms with Crippen LogP contribution in [0.15, 0.2) is 48.5 Å². The number of nitrogens with one attached hydrogen (secondary N) is 1. The van der Waals surface area contributed by atoms with Crippen LogP contribution in [-0.4, -0.2) is 23.7 Å². The fourth-order valence-electron chi connectivity index (χ4n) is 3.79. The summed E-state index contributed by atoms with van der Waals surface area (Å²) >= 11 is 0. The van der Waals surface area contributed by atoms with E-state index in [-0.39, 0.29) is 17.5 Å². The van der Waals surface area contributed by atoms with Crippen molar-refractivity contribution in [3.63, 3.8) is 0 Å². The van der Waals surface area contributed by atoms with Gasteiger partial charge in [-0.1, -0.05) is 30.3 Å². The molecule has 0 saturated carbocycles. The molecule has 134 valence electrons. The maximum absolute atomic E-state index is 12.4. The number of H-pyrrole nitrogens is 1. The van der Waals surface area contributed by atoms with Gasteiger partial charge in [-0.25, -0.2) is 0 Å². The zero-order valence-electron chi connectivity index (χ0n) is 15.5. The smallest absolute Gasteiger partial charge is 0.141 e. The van der Waals surface area contributed by atoms with E-state index in [4.69, 9.17) is 4.74 Å². The quantitative estimate of drug-likeness (QED) is 0.671. The minimum Gasteiger partial charge on any atom is -0.497 e. The SMILES string of the molecule is COc1ccc([C@@H](c2c(C)[nH]c3ccccc23)C(C(C)=O)C(C)=O)cc1. The Labute approximate surface area is 153 Å². The summed E-state index contributed by atoms with van der Waals surface area (Å²) < 4.78 is 5.25. The number of aromatic nitrogens is 1. The average molecular weight is 349 g/mol. The number of carbonyl (C=O) groups is 2. The van der Waals surface area contributed by atoms with Crippen LogP contribution in [0.1, 0.15) is 36.6 Å². The number of aryl methyl sites for hydroxylation is 1. The Kier molecular flexibility index (Phi) is 4.94. The van der Waals surface area contributed by atoms with Gasteiger partial charge in [0.2, 0.25) is 0 Å². The highest BCUT2D eigenvalue weighted by Crippen LogP contribution is 2.39. The van der Waals surface area contributed by atoms with Crippen LogP contribution in [-0.2, 0) is 9.59 Å². The van der Waals surface area contributed by atoms with Gasteiger partial charge >= 0.3 is 0 Å². The summed E-state index contributed by atoms with van der Waals surface area (Å²) in [5, 5.41) is 1.04. The lowest BCUT2D eigenvalue weighted by Crippen LogP contribution is -2.28. The molecule has 0 aliphatic heterocycles. The maximum atomic E-state index is 12.4. The Morgan fingerprint density at radius 2 is 1.58 bits per heavy atom. The third-order valence-corrected chi connectivity index (χ3v) is 4.94. The second kappa shape index (κ2) is 7.16. The van der Waals surface area contributed by atoms with Crippen molar-refractivity contribution >= 4 is 22.5 Å². The molecule has 0 spiro atoms. The molecule has 26 heavy (non-hydrogen) atoms. The fourth-order valence-corrected chi connectivity index (χ4v) is 3.79. The number of hydrogen-bond donors (Lipinski definition) is 1. The predicted octanol–water partition coefficient (Wildman–Crippen LogP) is 4.41. The molecule has 0 saturated heterocycles. The third kappa shape index (κ3) is 3.15. The van der Waals surface area contributed by atoms with Gasteiger partial charge in [0, 0.05) is 22.5 Å². The van der Waals surface area contributed by atoms with Crippen LogP contribution in [0, 0.1) is 12.8 Å². The minimum absolute atomic E-state index is 0.122. The van der Waals surface area contributed by atoms with Crippen LogP contribution in [0.2, 0.25) is 0 Å². The fraction of sp³-hybridized carbons (Fsp3) is 0.273. The first kappa shape index (κ1) is 17.9. The van der Waals surface area contributed by atoms with E-state index >= 15 is 0 Å². The molecule has 3 rings (SSSR count). The van der Waals surface area contributed by atoms with E-state index in [2.05, 4.69) is 4.98 Å². The second-order valence-electron chi connectivity index (χ2n) is 6.66. The number of ketones is 2. The zero-order chi connectivity index (χ0) is 18.8. The summed E-state index contributed by atoms with van der Waals surface area (Å²) in [5.74, 6) is -0.565. The van der Waals surface area contributed by atoms with Gasteiger partial charge in [0.05, 0.1) is 13.0 Å². The zero-order valence-corrected chi connectivity index (χ0v) is 15.5. The highest BCUT2D eigenvalue weighted by molar-refractivity contribution is 6.02. The molecule has 0 radical (unpaired) electrons. The largest absolute Gasteiger partial charge is 0.497 e. The summed E-state index contributed by atoms with van der Waals surface area (Å²) in [6.07, 6.45) is 0. The van der Waals surface area contributed by atoms with Gasteiger partial charge in [0.15, 0.2) is 0 Å². The molecule has 1 N–H and O–H groups in total. The highest BCUT2D eigenvalue weighted by Gasteiger charge is 2.34. The van der Waals surface area contributed by atoms with Crippen LogP contribution >= 0.6 is 0 Å². The number of fused-ring (bicyclic) bond motifs is 1. The molecule has 1 heterocycles. The van der Waals surface area contributed by atoms with Crippen molar-refractivity contribution in [2.24, 2.45) is 5.92 Å². The summed E-state index contributed by atoms with van der Waals surface area (Å²) in [4.78, 5) is 28.2. The molecule has 0 aliphatic rings. The Morgan fingerprint density at radius 3 is 2.15 bits per heavy atom. The van der Waals surface area contributed by atoms with Gasteiger partial charge in [-0.3, -0.25) is 9.59 Å². The van der Waals surface area contributed by atoms with E-state index in [0.29, 0.717) is 0 Å². The van der Waals surface area contributed by atoms with Gasteiger partial charge in [-0.2, -0.15) is 0 Å². The number of ether oxygens (including phenoxy) is 1. The molecule has 0 aliphatic carbocycles. The topological polar surface area (TPSA) is 59.2 Å². The third-order valence-electron chi connectivity index (χ3n) is 4.94. The number of hydrogen-bond acceptors (Lipinski definition) is 3. The second-order valence-corrected chi connectivity index (χ2v) is 6.66. The number of carbonyl (C=O) groups excluding carboxylic acids is 2. The molecule has 2 aromatic carbocycles. The van der Waals surface area contributed by atoms with Gasteiger partial charge < -0.3 is 9.72 Å². The molecule has 3 aromatic rings. The number of benzene rings is 2. The van der Waals surface area contributed by atoms with Crippen LogP contribution in [0.4, 0.5) is 0 Å². The minimum atomic E-state index is -0.721. The molecule has 0 amide bonds. The van der Waals surface area contributed by atoms with E-state index in [9.17, 15) is 9.59 Å². The molecule has 0 unspecified atom stereocenters. The molecule has 1 atom stereocenters. The number of para-hydroxylation sites is 1. The molecule has 0 fully saturated rings. The maximum Gasteiger partial charge on any atom is 0.141 e. The Balaban J connectivity index is 2.27. The first-order valence-corrected chi connectivity index (χ1v) is 8.66. The van der Waals surface area contributed by atoms with Crippen molar-refractivity contribution < 1.29 is 14.3 Å². The van der Waals surface area contributed by atoms with Gasteiger partial charge in [0.25, 0.3) is 0 Å². The van der Waals surface area contributed by atoms with Crippen LogP contribution in [0.25, 0.3) is 10.9 Å². The Hall–Kier alpha value is -2.88. The molecule has 4 heteroatoms. The normalized spacial score (nSPS) is 12.3. The van der Waals surface area contributed by atoms with E-state index in [1.807, 2.05) is 55.5 Å². The van der Waals surface area contributed by atoms with E-state index in [1.54, 1.807) is 7.11 Å². The Bertz CT molecular complexity index is 939. The summed E-state index contributed by atoms with van der Waals surface area (Å²) in [6, 6.07) is 15.6. The lowest BCUT2D eigenvalue weighted by Gasteiger charge is -2.25. The standard InChI is InChI=1S/C22H23NO3/c1-13-20(18-7-5-6-8-19(18)23-13)22(21(14(2)24)15(3)25)16-9-11-17(26-4)12-10-16/h5-12,21-23H,1-4H3/t22-/m0/s1. The van der Waals surface area contributed by atoms with E-state index in [0.717, 1.165) is 33.5 Å². The first-order chi connectivity index (χ1) is 12.4. The van der Waals surface area contributed by atoms with E-state index < -0.39 is 5.92 Å². The van der Waals surface area contributed by atoms with Crippen molar-refractivity contribution in [2.45, 2.75) is 26.7 Å². The van der Waals surface area contributed by atoms with Crippen LogP contribution in [0.5, 0.6) is 5.75 Å². The molecular formula is C22H23NO3. The molecule has 4 nitrogen and oxygen atoms in total. The number of methoxy groups -OCH3 is 1. The molecular weight excluding hydrogens is 326 g/mol. The number of rotatable bonds is 6. The average Bonchev–Trinajstić information content (AvgIpc) is 2.94. The van der Waals surface area contributed by atoms with Gasteiger partial charge in [-0.05, 0) is 50.1 Å². The molecule has 0 bridgehead atoms. The Morgan fingerprint density at radius 1 is 0.962 bits per heavy atom. The van der Waals surface area contributed by atoms with Gasteiger partial charge in [-0.15, -0.1) is 0 Å². The van der Waals surface area contributed by atoms with Crippen molar-refractivity contribution in [3.05, 3.63) is 65.4 Å². The lowest BCUT2D eigenvalue weighted by molar-refractivity contribution is -0.130. The van der Waals surface area contributed by atoms with Crippen LogP contribution < -0.4 is 4.74 Å². The molecule has 1 aromatic heterocycles. The monoisotopic (exact) mass is 349 g/mol.